The van der Waals surface area contributed by atoms with Gasteiger partial charge in [-0.15, -0.1) is 0 Å². The van der Waals surface area contributed by atoms with E-state index in [-0.39, 0.29) is 34.0 Å². The molecular formula is C25H25ClN2O7S2. The minimum Gasteiger partial charge on any atom is -0.507 e. The molecule has 2 atom stereocenters. The van der Waals surface area contributed by atoms with Crippen LogP contribution in [0.4, 0.5) is 0 Å². The summed E-state index contributed by atoms with van der Waals surface area (Å²) >= 11 is 6.03. The Morgan fingerprint density at radius 1 is 0.973 bits per heavy atom. The Kier molecular flexibility index (Phi) is 6.68. The maximum atomic E-state index is 13.2. The van der Waals surface area contributed by atoms with Crippen LogP contribution in [0.3, 0.4) is 0 Å². The van der Waals surface area contributed by atoms with Gasteiger partial charge in [-0.05, 0) is 61.2 Å². The number of hydrogen-bond acceptors (Lipinski definition) is 7. The Labute approximate surface area is 220 Å². The van der Waals surface area contributed by atoms with Crippen molar-refractivity contribution in [3.63, 3.8) is 0 Å². The Hall–Kier alpha value is -2.73. The van der Waals surface area contributed by atoms with Crippen molar-refractivity contribution in [2.75, 3.05) is 24.6 Å². The summed E-state index contributed by atoms with van der Waals surface area (Å²) in [5, 5.41) is 11.7. The SMILES string of the molecule is O=C1C(=O)N(C2CCS(=O)(=O)C2)C(c2ccc(Cl)cc2)C1=C(O)c1ccc(S(=O)(=O)N2CCCC2)cc1. The molecule has 9 nitrogen and oxygen atoms in total. The summed E-state index contributed by atoms with van der Waals surface area (Å²) < 4.78 is 51.5. The average Bonchev–Trinajstić information content (AvgIpc) is 3.59. The molecule has 0 saturated carbocycles. The maximum Gasteiger partial charge on any atom is 0.295 e. The molecule has 2 aromatic rings. The Bertz CT molecular complexity index is 1500. The molecule has 196 valence electrons. The highest BCUT2D eigenvalue weighted by Crippen LogP contribution is 2.42. The van der Waals surface area contributed by atoms with E-state index in [0.29, 0.717) is 23.7 Å². The van der Waals surface area contributed by atoms with E-state index >= 15 is 0 Å². The van der Waals surface area contributed by atoms with Crippen molar-refractivity contribution in [3.8, 4) is 0 Å². The van der Waals surface area contributed by atoms with Crippen LogP contribution in [-0.2, 0) is 29.4 Å². The van der Waals surface area contributed by atoms with Crippen LogP contribution >= 0.6 is 11.6 Å². The van der Waals surface area contributed by atoms with Gasteiger partial charge >= 0.3 is 0 Å². The monoisotopic (exact) mass is 564 g/mol. The van der Waals surface area contributed by atoms with Crippen LogP contribution in [-0.4, -0.2) is 73.5 Å². The van der Waals surface area contributed by atoms with E-state index in [9.17, 15) is 31.5 Å². The molecule has 1 amide bonds. The van der Waals surface area contributed by atoms with Gasteiger partial charge in [-0.25, -0.2) is 16.8 Å². The number of rotatable bonds is 5. The molecule has 0 aromatic heterocycles. The molecule has 37 heavy (non-hydrogen) atoms. The van der Waals surface area contributed by atoms with Crippen LogP contribution in [0.1, 0.15) is 36.4 Å². The lowest BCUT2D eigenvalue weighted by atomic mass is 9.95. The second kappa shape index (κ2) is 9.54. The van der Waals surface area contributed by atoms with E-state index in [1.807, 2.05) is 0 Å². The lowest BCUT2D eigenvalue weighted by molar-refractivity contribution is -0.141. The van der Waals surface area contributed by atoms with Gasteiger partial charge in [-0.3, -0.25) is 9.59 Å². The van der Waals surface area contributed by atoms with Crippen molar-refractivity contribution in [2.24, 2.45) is 0 Å². The Balaban J connectivity index is 1.57. The predicted octanol–water partition coefficient (Wildman–Crippen LogP) is 2.73. The quantitative estimate of drug-likeness (QED) is 0.336. The highest BCUT2D eigenvalue weighted by Gasteiger charge is 2.51. The van der Waals surface area contributed by atoms with Gasteiger partial charge in [-0.1, -0.05) is 23.7 Å². The van der Waals surface area contributed by atoms with Crippen LogP contribution in [0.25, 0.3) is 5.76 Å². The molecule has 0 radical (unpaired) electrons. The minimum absolute atomic E-state index is 0.0665. The fourth-order valence-corrected chi connectivity index (χ4v) is 8.57. The van der Waals surface area contributed by atoms with Crippen LogP contribution in [0.2, 0.25) is 5.02 Å². The zero-order valence-electron chi connectivity index (χ0n) is 19.7. The summed E-state index contributed by atoms with van der Waals surface area (Å²) in [6.45, 7) is 0.900. The van der Waals surface area contributed by atoms with Crippen molar-refractivity contribution in [3.05, 3.63) is 70.3 Å². The summed E-state index contributed by atoms with van der Waals surface area (Å²) in [6.07, 6.45) is 1.78. The largest absolute Gasteiger partial charge is 0.507 e. The number of sulfone groups is 1. The fourth-order valence-electron chi connectivity index (χ4n) is 5.21. The molecule has 0 bridgehead atoms. The second-order valence-corrected chi connectivity index (χ2v) is 14.1. The lowest BCUT2D eigenvalue weighted by Crippen LogP contribution is -2.40. The third-order valence-electron chi connectivity index (χ3n) is 7.10. The van der Waals surface area contributed by atoms with Gasteiger partial charge in [0.1, 0.15) is 5.76 Å². The fraction of sp³-hybridized carbons (Fsp3) is 0.360. The molecule has 2 unspecified atom stereocenters. The summed E-state index contributed by atoms with van der Waals surface area (Å²) in [5.74, 6) is -2.66. The van der Waals surface area contributed by atoms with Gasteiger partial charge in [0, 0.05) is 29.7 Å². The van der Waals surface area contributed by atoms with E-state index in [2.05, 4.69) is 0 Å². The smallest absolute Gasteiger partial charge is 0.295 e. The molecule has 0 spiro atoms. The maximum absolute atomic E-state index is 13.2. The number of hydrogen-bond donors (Lipinski definition) is 1. The highest BCUT2D eigenvalue weighted by atomic mass is 35.5. The third kappa shape index (κ3) is 4.69. The molecule has 3 saturated heterocycles. The molecule has 3 fully saturated rings. The average molecular weight is 565 g/mol. The van der Waals surface area contributed by atoms with E-state index in [4.69, 9.17) is 11.6 Å². The first kappa shape index (κ1) is 25.9. The number of Topliss-reactive ketones (excluding diaryl/α,β-unsaturated/α-hetero) is 1. The zero-order chi connectivity index (χ0) is 26.5. The van der Waals surface area contributed by atoms with Gasteiger partial charge in [0.05, 0.1) is 28.0 Å². The molecule has 3 aliphatic rings. The number of nitrogens with zero attached hydrogens (tertiary/aromatic N) is 2. The number of halogens is 1. The van der Waals surface area contributed by atoms with E-state index in [1.54, 1.807) is 24.3 Å². The van der Waals surface area contributed by atoms with Crippen LogP contribution in [0.5, 0.6) is 0 Å². The topological polar surface area (TPSA) is 129 Å². The lowest BCUT2D eigenvalue weighted by Gasteiger charge is -2.30. The van der Waals surface area contributed by atoms with Crippen molar-refractivity contribution >= 4 is 48.9 Å². The Morgan fingerprint density at radius 3 is 2.16 bits per heavy atom. The van der Waals surface area contributed by atoms with Crippen molar-refractivity contribution in [2.45, 2.75) is 36.2 Å². The molecule has 1 N–H and O–H groups in total. The number of sulfonamides is 1. The zero-order valence-corrected chi connectivity index (χ0v) is 22.1. The van der Waals surface area contributed by atoms with Gasteiger partial charge in [-0.2, -0.15) is 4.31 Å². The minimum atomic E-state index is -3.67. The molecule has 2 aromatic carbocycles. The number of carbonyl (C=O) groups excluding carboxylic acids is 2. The third-order valence-corrected chi connectivity index (χ3v) is 11.0. The number of aliphatic hydroxyl groups excluding tert-OH is 1. The van der Waals surface area contributed by atoms with E-state index in [0.717, 1.165) is 12.8 Å². The summed E-state index contributed by atoms with van der Waals surface area (Å²) in [5.41, 5.74) is 0.464. The number of benzene rings is 2. The molecule has 3 heterocycles. The van der Waals surface area contributed by atoms with Crippen molar-refractivity contribution in [1.29, 1.82) is 0 Å². The van der Waals surface area contributed by atoms with E-state index in [1.165, 1.54) is 33.5 Å². The molecular weight excluding hydrogens is 540 g/mol. The van der Waals surface area contributed by atoms with Gasteiger partial charge in [0.25, 0.3) is 11.7 Å². The second-order valence-electron chi connectivity index (χ2n) is 9.45. The van der Waals surface area contributed by atoms with Crippen LogP contribution in [0.15, 0.2) is 59.0 Å². The number of likely N-dealkylation sites (tertiary alicyclic amines) is 1. The number of aliphatic hydroxyl groups is 1. The first-order valence-electron chi connectivity index (χ1n) is 11.9. The van der Waals surface area contributed by atoms with E-state index < -0.39 is 49.4 Å². The normalized spacial score (nSPS) is 25.7. The van der Waals surface area contributed by atoms with Crippen LogP contribution < -0.4 is 0 Å². The first-order chi connectivity index (χ1) is 17.5. The number of carbonyl (C=O) groups is 2. The highest BCUT2D eigenvalue weighted by molar-refractivity contribution is 7.91. The molecule has 5 rings (SSSR count). The number of ketones is 1. The standard InChI is InChI=1S/C25H25ClN2O7S2/c26-18-7-3-16(4-8-18)22-21(24(30)25(31)28(22)19-11-14-36(32,33)15-19)23(29)17-5-9-20(10-6-17)37(34,35)27-12-1-2-13-27/h3-10,19,22,29H,1-2,11-15H2. The summed E-state index contributed by atoms with van der Waals surface area (Å²) in [7, 11) is -7.04. The van der Waals surface area contributed by atoms with Crippen molar-refractivity contribution < 1.29 is 31.5 Å². The van der Waals surface area contributed by atoms with Crippen LogP contribution in [0, 0.1) is 0 Å². The number of amides is 1. The van der Waals surface area contributed by atoms with Gasteiger partial charge in [0.2, 0.25) is 10.0 Å². The summed E-state index contributed by atoms with van der Waals surface area (Å²) in [6, 6.07) is 10.2. The predicted molar refractivity (Wildman–Crippen MR) is 137 cm³/mol. The Morgan fingerprint density at radius 2 is 1.59 bits per heavy atom. The molecule has 0 aliphatic carbocycles. The van der Waals surface area contributed by atoms with Gasteiger partial charge in [0.15, 0.2) is 9.84 Å². The molecule has 3 aliphatic heterocycles. The van der Waals surface area contributed by atoms with Gasteiger partial charge < -0.3 is 10.0 Å². The molecule has 12 heteroatoms. The summed E-state index contributed by atoms with van der Waals surface area (Å²) in [4.78, 5) is 27.7. The van der Waals surface area contributed by atoms with Crippen molar-refractivity contribution in [1.82, 2.24) is 9.21 Å². The first-order valence-corrected chi connectivity index (χ1v) is 15.5.